The number of fused-ring (bicyclic) bond motifs is 1. The molecule has 1 unspecified atom stereocenters. The molecule has 2 heterocycles. The van der Waals surface area contributed by atoms with Crippen LogP contribution in [0.15, 0.2) is 82.7 Å². The Bertz CT molecular complexity index is 1490. The van der Waals surface area contributed by atoms with Gasteiger partial charge in [0.15, 0.2) is 0 Å². The Balaban J connectivity index is 1.71. The first-order valence-corrected chi connectivity index (χ1v) is 11.8. The van der Waals surface area contributed by atoms with Crippen molar-refractivity contribution in [2.24, 2.45) is 5.10 Å². The first-order chi connectivity index (χ1) is 17.0. The number of ether oxygens (including phenoxy) is 1. The van der Waals surface area contributed by atoms with E-state index in [-0.39, 0.29) is 17.5 Å². The topological polar surface area (TPSA) is 74.8 Å². The third-order valence-electron chi connectivity index (χ3n) is 6.30. The van der Waals surface area contributed by atoms with E-state index in [1.165, 1.54) is 5.01 Å². The van der Waals surface area contributed by atoms with Gasteiger partial charge in [0.2, 0.25) is 5.91 Å². The van der Waals surface area contributed by atoms with Gasteiger partial charge in [-0.25, -0.2) is 5.01 Å². The summed E-state index contributed by atoms with van der Waals surface area (Å²) >= 11 is 6.36. The van der Waals surface area contributed by atoms with E-state index in [4.69, 9.17) is 21.4 Å². The second kappa shape index (κ2) is 9.39. The highest BCUT2D eigenvalue weighted by atomic mass is 35.5. The van der Waals surface area contributed by atoms with Crippen LogP contribution in [0.5, 0.6) is 5.75 Å². The lowest BCUT2D eigenvalue weighted by Gasteiger charge is -2.21. The van der Waals surface area contributed by atoms with Crippen LogP contribution in [-0.4, -0.2) is 28.7 Å². The lowest BCUT2D eigenvalue weighted by molar-refractivity contribution is -0.132. The average molecular weight is 486 g/mol. The van der Waals surface area contributed by atoms with Crippen molar-refractivity contribution in [3.8, 4) is 16.9 Å². The highest BCUT2D eigenvalue weighted by Crippen LogP contribution is 2.38. The fourth-order valence-electron chi connectivity index (χ4n) is 4.58. The van der Waals surface area contributed by atoms with Gasteiger partial charge in [0.05, 0.1) is 24.4 Å². The minimum Gasteiger partial charge on any atom is -0.497 e. The molecule has 0 saturated heterocycles. The Morgan fingerprint density at radius 1 is 1.09 bits per heavy atom. The molecule has 1 atom stereocenters. The molecule has 0 aliphatic carbocycles. The summed E-state index contributed by atoms with van der Waals surface area (Å²) in [6, 6.07) is 22.4. The fraction of sp³-hybridized carbons (Fsp3) is 0.179. The first-order valence-electron chi connectivity index (χ1n) is 11.4. The molecule has 3 aromatic carbocycles. The summed E-state index contributed by atoms with van der Waals surface area (Å²) in [5, 5.41) is 7.62. The van der Waals surface area contributed by atoms with Crippen molar-refractivity contribution in [3.63, 3.8) is 0 Å². The Morgan fingerprint density at radius 2 is 1.83 bits per heavy atom. The second-order valence-corrected chi connectivity index (χ2v) is 8.83. The van der Waals surface area contributed by atoms with Gasteiger partial charge in [-0.1, -0.05) is 61.0 Å². The predicted molar refractivity (Wildman–Crippen MR) is 139 cm³/mol. The van der Waals surface area contributed by atoms with Crippen molar-refractivity contribution in [2.75, 3.05) is 7.11 Å². The van der Waals surface area contributed by atoms with E-state index < -0.39 is 0 Å². The van der Waals surface area contributed by atoms with Gasteiger partial charge < -0.3 is 9.72 Å². The van der Waals surface area contributed by atoms with Crippen LogP contribution in [0.4, 0.5) is 0 Å². The third-order valence-corrected chi connectivity index (χ3v) is 6.53. The molecule has 4 aromatic rings. The summed E-state index contributed by atoms with van der Waals surface area (Å²) in [4.78, 5) is 29.4. The van der Waals surface area contributed by atoms with Crippen molar-refractivity contribution in [1.29, 1.82) is 0 Å². The van der Waals surface area contributed by atoms with Gasteiger partial charge in [0.1, 0.15) is 5.75 Å². The molecule has 35 heavy (non-hydrogen) atoms. The van der Waals surface area contributed by atoms with Gasteiger partial charge >= 0.3 is 0 Å². The van der Waals surface area contributed by atoms with E-state index in [9.17, 15) is 9.59 Å². The number of aromatic nitrogens is 1. The number of carbonyl (C=O) groups is 1. The van der Waals surface area contributed by atoms with Gasteiger partial charge in [0.25, 0.3) is 5.56 Å². The summed E-state index contributed by atoms with van der Waals surface area (Å²) < 4.78 is 5.28. The van der Waals surface area contributed by atoms with E-state index in [1.807, 2.05) is 60.7 Å². The number of hydrogen-bond donors (Lipinski definition) is 1. The summed E-state index contributed by atoms with van der Waals surface area (Å²) in [6.45, 7) is 1.81. The van der Waals surface area contributed by atoms with Gasteiger partial charge in [0, 0.05) is 34.3 Å². The smallest absolute Gasteiger partial charge is 0.258 e. The van der Waals surface area contributed by atoms with Gasteiger partial charge in [-0.2, -0.15) is 5.10 Å². The van der Waals surface area contributed by atoms with Gasteiger partial charge in [-0.15, -0.1) is 0 Å². The Labute approximate surface area is 207 Å². The summed E-state index contributed by atoms with van der Waals surface area (Å²) in [5.74, 6) is 0.623. The van der Waals surface area contributed by atoms with E-state index in [2.05, 4.69) is 4.98 Å². The van der Waals surface area contributed by atoms with E-state index >= 15 is 0 Å². The lowest BCUT2D eigenvalue weighted by Crippen LogP contribution is -2.26. The molecule has 1 aliphatic rings. The zero-order chi connectivity index (χ0) is 24.5. The summed E-state index contributed by atoms with van der Waals surface area (Å²) in [6.07, 6.45) is 0.714. The van der Waals surface area contributed by atoms with Crippen LogP contribution in [0.1, 0.15) is 36.9 Å². The number of hydrogen-bond acceptors (Lipinski definition) is 4. The zero-order valence-electron chi connectivity index (χ0n) is 19.4. The van der Waals surface area contributed by atoms with Crippen molar-refractivity contribution in [3.05, 3.63) is 99.3 Å². The van der Waals surface area contributed by atoms with Crippen LogP contribution in [0.3, 0.4) is 0 Å². The third kappa shape index (κ3) is 4.21. The maximum absolute atomic E-state index is 13.5. The van der Waals surface area contributed by atoms with Crippen molar-refractivity contribution >= 4 is 34.1 Å². The second-order valence-electron chi connectivity index (χ2n) is 8.39. The standard InChI is InChI=1S/C28H24ClN3O3/c1-3-25(33)32-24(17-9-12-20(35-2)13-10-17)16-23(31-32)27-26(18-7-5-4-6-8-18)21-15-19(29)11-14-22(21)30-28(27)34/h4-15,24H,3,16H2,1-2H3,(H,30,34). The maximum atomic E-state index is 13.5. The SMILES string of the molecule is CCC(=O)N1N=C(c2c(-c3ccccc3)c3cc(Cl)ccc3[nH]c2=O)CC1c1ccc(OC)cc1. The molecular weight excluding hydrogens is 462 g/mol. The molecule has 1 aromatic heterocycles. The van der Waals surface area contributed by atoms with E-state index in [0.717, 1.165) is 27.8 Å². The summed E-state index contributed by atoms with van der Waals surface area (Å²) in [5.41, 5.74) is 4.01. The minimum absolute atomic E-state index is 0.109. The number of hydrazone groups is 1. The first kappa shape index (κ1) is 22.9. The van der Waals surface area contributed by atoms with Crippen molar-refractivity contribution < 1.29 is 9.53 Å². The number of aromatic amines is 1. The quantitative estimate of drug-likeness (QED) is 0.380. The van der Waals surface area contributed by atoms with Crippen molar-refractivity contribution in [2.45, 2.75) is 25.8 Å². The maximum Gasteiger partial charge on any atom is 0.258 e. The number of H-pyrrole nitrogens is 1. The van der Waals surface area contributed by atoms with Crippen molar-refractivity contribution in [1.82, 2.24) is 9.99 Å². The normalized spacial score (nSPS) is 15.3. The van der Waals surface area contributed by atoms with E-state index in [0.29, 0.717) is 34.7 Å². The Hall–Kier alpha value is -3.90. The van der Waals surface area contributed by atoms with Crippen LogP contribution in [0, 0.1) is 0 Å². The number of rotatable bonds is 5. The molecule has 1 aliphatic heterocycles. The molecule has 7 heteroatoms. The van der Waals surface area contributed by atoms with Gasteiger partial charge in [-0.3, -0.25) is 9.59 Å². The number of amides is 1. The average Bonchev–Trinajstić information content (AvgIpc) is 3.33. The lowest BCUT2D eigenvalue weighted by atomic mass is 9.91. The van der Waals surface area contributed by atoms with E-state index in [1.54, 1.807) is 26.2 Å². The molecule has 0 radical (unpaired) electrons. The fourth-order valence-corrected chi connectivity index (χ4v) is 4.76. The molecule has 0 spiro atoms. The van der Waals surface area contributed by atoms with Crippen LogP contribution >= 0.6 is 11.6 Å². The molecule has 5 rings (SSSR count). The number of halogens is 1. The zero-order valence-corrected chi connectivity index (χ0v) is 20.2. The van der Waals surface area contributed by atoms with Crippen LogP contribution < -0.4 is 10.3 Å². The highest BCUT2D eigenvalue weighted by Gasteiger charge is 2.34. The van der Waals surface area contributed by atoms with Crippen LogP contribution in [-0.2, 0) is 4.79 Å². The number of nitrogens with zero attached hydrogens (tertiary/aromatic N) is 2. The Kier molecular flexibility index (Phi) is 6.14. The number of carbonyl (C=O) groups excluding carboxylic acids is 1. The molecule has 1 N–H and O–H groups in total. The van der Waals surface area contributed by atoms with Crippen LogP contribution in [0.25, 0.3) is 22.0 Å². The highest BCUT2D eigenvalue weighted by molar-refractivity contribution is 6.31. The minimum atomic E-state index is -0.318. The molecule has 176 valence electrons. The van der Waals surface area contributed by atoms with Gasteiger partial charge in [-0.05, 0) is 41.5 Å². The largest absolute Gasteiger partial charge is 0.497 e. The molecule has 0 fully saturated rings. The molecule has 1 amide bonds. The Morgan fingerprint density at radius 3 is 2.51 bits per heavy atom. The van der Waals surface area contributed by atoms with Crippen LogP contribution in [0.2, 0.25) is 5.02 Å². The predicted octanol–water partition coefficient (Wildman–Crippen LogP) is 5.94. The molecule has 6 nitrogen and oxygen atoms in total. The number of nitrogens with one attached hydrogen (secondary N) is 1. The number of methoxy groups -OCH3 is 1. The number of benzene rings is 3. The monoisotopic (exact) mass is 485 g/mol. The molecule has 0 saturated carbocycles. The summed E-state index contributed by atoms with van der Waals surface area (Å²) in [7, 11) is 1.61. The number of pyridine rings is 1. The molecule has 0 bridgehead atoms. The molecular formula is C28H24ClN3O3.